The van der Waals surface area contributed by atoms with Gasteiger partial charge in [0.25, 0.3) is 0 Å². The lowest BCUT2D eigenvalue weighted by molar-refractivity contribution is 0.346. The van der Waals surface area contributed by atoms with Crippen molar-refractivity contribution in [1.29, 1.82) is 0 Å². The number of rotatable bonds is 5. The number of benzene rings is 1. The van der Waals surface area contributed by atoms with Crippen LogP contribution in [0.3, 0.4) is 0 Å². The zero-order chi connectivity index (χ0) is 14.8. The van der Waals surface area contributed by atoms with Crippen molar-refractivity contribution in [2.45, 2.75) is 17.7 Å². The minimum atomic E-state index is -3.70. The van der Waals surface area contributed by atoms with Gasteiger partial charge in [0.1, 0.15) is 0 Å². The number of nitrogens with zero attached hydrogens (tertiary/aromatic N) is 2. The van der Waals surface area contributed by atoms with Crippen LogP contribution in [0, 0.1) is 0 Å². The molecule has 2 rings (SSSR count). The number of anilines is 2. The molecule has 1 aliphatic heterocycles. The van der Waals surface area contributed by atoms with Gasteiger partial charge in [0.2, 0.25) is 10.0 Å². The van der Waals surface area contributed by atoms with Crippen LogP contribution in [0.25, 0.3) is 0 Å². The molecule has 1 aromatic carbocycles. The molecule has 1 saturated heterocycles. The quantitative estimate of drug-likeness (QED) is 0.770. The Labute approximate surface area is 120 Å². The van der Waals surface area contributed by atoms with Gasteiger partial charge in [-0.05, 0) is 44.1 Å². The predicted octanol–water partition coefficient (Wildman–Crippen LogP) is 0.448. The van der Waals surface area contributed by atoms with Crippen LogP contribution in [0.15, 0.2) is 23.1 Å². The third-order valence-electron chi connectivity index (χ3n) is 3.69. The Balaban J connectivity index is 2.09. The number of nitrogen functional groups attached to an aromatic ring is 1. The number of hydrogen-bond donors (Lipinski definition) is 2. The molecule has 7 heteroatoms. The van der Waals surface area contributed by atoms with Crippen LogP contribution >= 0.6 is 0 Å². The van der Waals surface area contributed by atoms with E-state index >= 15 is 0 Å². The maximum Gasteiger partial charge on any atom is 0.238 e. The normalized spacial score (nSPS) is 16.5. The fourth-order valence-electron chi connectivity index (χ4n) is 2.45. The van der Waals surface area contributed by atoms with Crippen molar-refractivity contribution < 1.29 is 8.42 Å². The summed E-state index contributed by atoms with van der Waals surface area (Å²) in [6, 6.07) is 4.55. The van der Waals surface area contributed by atoms with E-state index in [4.69, 9.17) is 10.9 Å². The molecule has 1 aliphatic rings. The molecule has 0 spiro atoms. The Morgan fingerprint density at radius 2 is 1.95 bits per heavy atom. The predicted molar refractivity (Wildman–Crippen MR) is 81.2 cm³/mol. The van der Waals surface area contributed by atoms with Gasteiger partial charge in [0.05, 0.1) is 16.3 Å². The van der Waals surface area contributed by atoms with Crippen molar-refractivity contribution in [3.8, 4) is 0 Å². The third kappa shape index (κ3) is 3.62. The number of nitrogens with two attached hydrogens (primary N) is 2. The summed E-state index contributed by atoms with van der Waals surface area (Å²) in [5.41, 5.74) is 7.19. The van der Waals surface area contributed by atoms with E-state index in [1.807, 2.05) is 11.9 Å². The first kappa shape index (κ1) is 15.1. The first-order valence-electron chi connectivity index (χ1n) is 6.74. The summed E-state index contributed by atoms with van der Waals surface area (Å²) >= 11 is 0. The molecule has 0 aliphatic carbocycles. The molecular weight excluding hydrogens is 276 g/mol. The molecular formula is C13H22N4O2S. The molecule has 1 aromatic rings. The summed E-state index contributed by atoms with van der Waals surface area (Å²) in [6.45, 7) is 4.04. The summed E-state index contributed by atoms with van der Waals surface area (Å²) < 4.78 is 22.8. The van der Waals surface area contributed by atoms with E-state index in [1.165, 1.54) is 25.0 Å². The van der Waals surface area contributed by atoms with Crippen molar-refractivity contribution in [2.24, 2.45) is 5.14 Å². The molecule has 0 atom stereocenters. The summed E-state index contributed by atoms with van der Waals surface area (Å²) in [5.74, 6) is 0. The van der Waals surface area contributed by atoms with Crippen molar-refractivity contribution in [1.82, 2.24) is 4.90 Å². The molecule has 6 nitrogen and oxygen atoms in total. The van der Waals surface area contributed by atoms with Crippen LogP contribution < -0.4 is 15.8 Å². The van der Waals surface area contributed by atoms with Crippen molar-refractivity contribution in [3.05, 3.63) is 18.2 Å². The van der Waals surface area contributed by atoms with Crippen LogP contribution in [-0.2, 0) is 10.0 Å². The lowest BCUT2D eigenvalue weighted by Gasteiger charge is -2.24. The fourth-order valence-corrected chi connectivity index (χ4v) is 2.98. The van der Waals surface area contributed by atoms with Gasteiger partial charge in [-0.1, -0.05) is 0 Å². The Hall–Kier alpha value is -1.31. The number of likely N-dealkylation sites (tertiary alicyclic amines) is 1. The highest BCUT2D eigenvalue weighted by molar-refractivity contribution is 7.89. The van der Waals surface area contributed by atoms with Crippen molar-refractivity contribution in [3.63, 3.8) is 0 Å². The first-order chi connectivity index (χ1) is 9.38. The first-order valence-corrected chi connectivity index (χ1v) is 8.28. The Kier molecular flexibility index (Phi) is 4.52. The third-order valence-corrected chi connectivity index (χ3v) is 4.60. The van der Waals surface area contributed by atoms with Crippen LogP contribution in [0.1, 0.15) is 12.8 Å². The van der Waals surface area contributed by atoms with Gasteiger partial charge in [-0.15, -0.1) is 0 Å². The van der Waals surface area contributed by atoms with Crippen LogP contribution in [0.4, 0.5) is 11.4 Å². The second-order valence-electron chi connectivity index (χ2n) is 5.24. The highest BCUT2D eigenvalue weighted by Gasteiger charge is 2.15. The van der Waals surface area contributed by atoms with E-state index in [2.05, 4.69) is 4.90 Å². The Bertz CT molecular complexity index is 568. The van der Waals surface area contributed by atoms with Gasteiger partial charge in [-0.2, -0.15) is 0 Å². The van der Waals surface area contributed by atoms with E-state index in [0.29, 0.717) is 11.4 Å². The minimum Gasteiger partial charge on any atom is -0.397 e. The van der Waals surface area contributed by atoms with Gasteiger partial charge in [0, 0.05) is 20.1 Å². The maximum absolute atomic E-state index is 11.4. The average Bonchev–Trinajstić information content (AvgIpc) is 2.88. The smallest absolute Gasteiger partial charge is 0.238 e. The highest BCUT2D eigenvalue weighted by Crippen LogP contribution is 2.25. The van der Waals surface area contributed by atoms with Gasteiger partial charge in [-0.25, -0.2) is 13.6 Å². The molecule has 0 unspecified atom stereocenters. The largest absolute Gasteiger partial charge is 0.397 e. The highest BCUT2D eigenvalue weighted by atomic mass is 32.2. The van der Waals surface area contributed by atoms with E-state index in [-0.39, 0.29) is 4.90 Å². The lowest BCUT2D eigenvalue weighted by atomic mass is 10.2. The van der Waals surface area contributed by atoms with Crippen molar-refractivity contribution >= 4 is 21.4 Å². The fraction of sp³-hybridized carbons (Fsp3) is 0.538. The average molecular weight is 298 g/mol. The zero-order valence-corrected chi connectivity index (χ0v) is 12.6. The molecule has 0 amide bonds. The summed E-state index contributed by atoms with van der Waals surface area (Å²) in [4.78, 5) is 4.47. The molecule has 0 radical (unpaired) electrons. The van der Waals surface area contributed by atoms with Crippen LogP contribution in [-0.4, -0.2) is 46.5 Å². The van der Waals surface area contributed by atoms with E-state index in [1.54, 1.807) is 6.07 Å². The second-order valence-corrected chi connectivity index (χ2v) is 6.80. The Morgan fingerprint density at radius 1 is 1.30 bits per heavy atom. The lowest BCUT2D eigenvalue weighted by Crippen LogP contribution is -2.31. The number of primary sulfonamides is 1. The monoisotopic (exact) mass is 298 g/mol. The minimum absolute atomic E-state index is 0.0923. The summed E-state index contributed by atoms with van der Waals surface area (Å²) in [6.07, 6.45) is 2.51. The van der Waals surface area contributed by atoms with Gasteiger partial charge < -0.3 is 15.5 Å². The van der Waals surface area contributed by atoms with E-state index in [9.17, 15) is 8.42 Å². The molecule has 112 valence electrons. The number of likely N-dealkylation sites (N-methyl/N-ethyl adjacent to an activating group) is 1. The van der Waals surface area contributed by atoms with Gasteiger partial charge >= 0.3 is 0 Å². The maximum atomic E-state index is 11.4. The summed E-state index contributed by atoms with van der Waals surface area (Å²) in [7, 11) is -1.79. The second kappa shape index (κ2) is 5.99. The summed E-state index contributed by atoms with van der Waals surface area (Å²) in [5, 5.41) is 5.15. The number of hydrogen-bond acceptors (Lipinski definition) is 5. The zero-order valence-electron chi connectivity index (χ0n) is 11.7. The molecule has 20 heavy (non-hydrogen) atoms. The van der Waals surface area contributed by atoms with Gasteiger partial charge in [0.15, 0.2) is 0 Å². The van der Waals surface area contributed by atoms with Gasteiger partial charge in [-0.3, -0.25) is 0 Å². The number of sulfonamides is 1. The molecule has 1 fully saturated rings. The van der Waals surface area contributed by atoms with Crippen LogP contribution in [0.2, 0.25) is 0 Å². The van der Waals surface area contributed by atoms with E-state index < -0.39 is 10.0 Å². The Morgan fingerprint density at radius 3 is 2.55 bits per heavy atom. The topological polar surface area (TPSA) is 92.7 Å². The van der Waals surface area contributed by atoms with E-state index in [0.717, 1.165) is 26.2 Å². The molecule has 1 heterocycles. The molecule has 0 bridgehead atoms. The molecule has 0 saturated carbocycles. The SMILES string of the molecule is CN(CCN1CCCC1)c1cc(S(N)(=O)=O)ccc1N. The molecule has 0 aromatic heterocycles. The van der Waals surface area contributed by atoms with Crippen molar-refractivity contribution in [2.75, 3.05) is 43.9 Å². The molecule has 4 N–H and O–H groups in total. The van der Waals surface area contributed by atoms with Crippen LogP contribution in [0.5, 0.6) is 0 Å². The standard InChI is InChI=1S/C13H22N4O2S/c1-16(8-9-17-6-2-3-7-17)13-10-11(20(15,18)19)4-5-12(13)14/h4-5,10H,2-3,6-9,14H2,1H3,(H2,15,18,19).